The number of carbonyl (C=O) groups is 1. The van der Waals surface area contributed by atoms with E-state index in [9.17, 15) is 13.2 Å². The standard InChI is InChI=1S/C18H29N3O4S/c1-14(2)17(21-9-11-25-12-10-21)13-20-18(22)8-5-15-3-6-16(7-4-15)26(19,23)24/h3-4,6-7,14,17H,5,8-13H2,1-2H3,(H,20,22)(H2,19,23,24)/t17-/m0/s1. The Morgan fingerprint density at radius 1 is 1.23 bits per heavy atom. The van der Waals surface area contributed by atoms with Crippen molar-refractivity contribution in [2.75, 3.05) is 32.8 Å². The smallest absolute Gasteiger partial charge is 0.238 e. The quantitative estimate of drug-likeness (QED) is 0.689. The molecule has 1 atom stereocenters. The topological polar surface area (TPSA) is 102 Å². The average molecular weight is 384 g/mol. The minimum Gasteiger partial charge on any atom is -0.379 e. The predicted molar refractivity (Wildman–Crippen MR) is 100 cm³/mol. The monoisotopic (exact) mass is 383 g/mol. The summed E-state index contributed by atoms with van der Waals surface area (Å²) in [6, 6.07) is 6.62. The number of nitrogens with zero attached hydrogens (tertiary/aromatic N) is 1. The van der Waals surface area contributed by atoms with Gasteiger partial charge >= 0.3 is 0 Å². The average Bonchev–Trinajstić information content (AvgIpc) is 2.60. The van der Waals surface area contributed by atoms with E-state index >= 15 is 0 Å². The Morgan fingerprint density at radius 3 is 2.38 bits per heavy atom. The Hall–Kier alpha value is -1.48. The van der Waals surface area contributed by atoms with Crippen LogP contribution in [0.5, 0.6) is 0 Å². The Balaban J connectivity index is 1.80. The van der Waals surface area contributed by atoms with Crippen LogP contribution >= 0.6 is 0 Å². The number of aryl methyl sites for hydroxylation is 1. The number of primary sulfonamides is 1. The van der Waals surface area contributed by atoms with E-state index in [2.05, 4.69) is 24.1 Å². The van der Waals surface area contributed by atoms with Crippen LogP contribution in [0.2, 0.25) is 0 Å². The number of hydrogen-bond acceptors (Lipinski definition) is 5. The van der Waals surface area contributed by atoms with Gasteiger partial charge in [0.25, 0.3) is 0 Å². The first-order valence-corrected chi connectivity index (χ1v) is 10.5. The Morgan fingerprint density at radius 2 is 1.85 bits per heavy atom. The maximum atomic E-state index is 12.2. The van der Waals surface area contributed by atoms with E-state index in [4.69, 9.17) is 9.88 Å². The van der Waals surface area contributed by atoms with Gasteiger partial charge in [0, 0.05) is 32.1 Å². The second-order valence-electron chi connectivity index (χ2n) is 6.95. The summed E-state index contributed by atoms with van der Waals surface area (Å²) in [5, 5.41) is 8.11. The molecule has 1 heterocycles. The summed E-state index contributed by atoms with van der Waals surface area (Å²) in [6.45, 7) is 8.24. The largest absolute Gasteiger partial charge is 0.379 e. The molecular formula is C18H29N3O4S. The van der Waals surface area contributed by atoms with Crippen LogP contribution in [-0.4, -0.2) is 58.1 Å². The van der Waals surface area contributed by atoms with Gasteiger partial charge in [-0.05, 0) is 30.0 Å². The van der Waals surface area contributed by atoms with Crippen LogP contribution in [0, 0.1) is 5.92 Å². The van der Waals surface area contributed by atoms with E-state index in [1.54, 1.807) is 12.1 Å². The third-order valence-electron chi connectivity index (χ3n) is 4.69. The van der Waals surface area contributed by atoms with Gasteiger partial charge < -0.3 is 10.1 Å². The molecule has 1 aromatic carbocycles. The number of morpholine rings is 1. The van der Waals surface area contributed by atoms with Crippen molar-refractivity contribution in [3.8, 4) is 0 Å². The number of hydrogen-bond donors (Lipinski definition) is 2. The maximum Gasteiger partial charge on any atom is 0.238 e. The second kappa shape index (κ2) is 9.45. The Labute approximate surface area is 155 Å². The number of ether oxygens (including phenoxy) is 1. The third-order valence-corrected chi connectivity index (χ3v) is 5.61. The lowest BCUT2D eigenvalue weighted by Gasteiger charge is -2.36. The fourth-order valence-corrected chi connectivity index (χ4v) is 3.62. The van der Waals surface area contributed by atoms with Crippen LogP contribution in [0.15, 0.2) is 29.2 Å². The molecule has 8 heteroatoms. The molecule has 2 rings (SSSR count). The van der Waals surface area contributed by atoms with Gasteiger partial charge in [-0.2, -0.15) is 0 Å². The first kappa shape index (κ1) is 20.8. The molecule has 0 saturated carbocycles. The molecule has 0 bridgehead atoms. The fraction of sp³-hybridized carbons (Fsp3) is 0.611. The maximum absolute atomic E-state index is 12.2. The molecule has 1 aliphatic heterocycles. The second-order valence-corrected chi connectivity index (χ2v) is 8.51. The van der Waals surface area contributed by atoms with Gasteiger partial charge in [-0.15, -0.1) is 0 Å². The van der Waals surface area contributed by atoms with Crippen LogP contribution in [0.1, 0.15) is 25.8 Å². The highest BCUT2D eigenvalue weighted by molar-refractivity contribution is 7.89. The molecule has 26 heavy (non-hydrogen) atoms. The van der Waals surface area contributed by atoms with Gasteiger partial charge in [0.05, 0.1) is 18.1 Å². The summed E-state index contributed by atoms with van der Waals surface area (Å²) in [5.41, 5.74) is 0.904. The lowest BCUT2D eigenvalue weighted by molar-refractivity contribution is -0.121. The molecule has 1 saturated heterocycles. The zero-order valence-electron chi connectivity index (χ0n) is 15.5. The lowest BCUT2D eigenvalue weighted by atomic mass is 10.0. The fourth-order valence-electron chi connectivity index (χ4n) is 3.11. The first-order valence-electron chi connectivity index (χ1n) is 8.97. The first-order chi connectivity index (χ1) is 12.3. The molecular weight excluding hydrogens is 354 g/mol. The summed E-state index contributed by atoms with van der Waals surface area (Å²) in [4.78, 5) is 14.6. The van der Waals surface area contributed by atoms with Crippen molar-refractivity contribution in [2.24, 2.45) is 11.1 Å². The molecule has 0 aromatic heterocycles. The summed E-state index contributed by atoms with van der Waals surface area (Å²) in [5.74, 6) is 0.443. The minimum absolute atomic E-state index is 0.000526. The normalized spacial score (nSPS) is 17.2. The van der Waals surface area contributed by atoms with E-state index in [1.807, 2.05) is 0 Å². The van der Waals surface area contributed by atoms with Crippen molar-refractivity contribution in [1.82, 2.24) is 10.2 Å². The van der Waals surface area contributed by atoms with Crippen molar-refractivity contribution in [2.45, 2.75) is 37.6 Å². The van der Waals surface area contributed by atoms with Gasteiger partial charge in [0.15, 0.2) is 0 Å². The molecule has 1 aromatic rings. The number of nitrogens with two attached hydrogens (primary N) is 1. The molecule has 146 valence electrons. The summed E-state index contributed by atoms with van der Waals surface area (Å²) in [7, 11) is -3.68. The van der Waals surface area contributed by atoms with Crippen LogP contribution in [0.25, 0.3) is 0 Å². The molecule has 0 unspecified atom stereocenters. The molecule has 0 spiro atoms. The molecule has 7 nitrogen and oxygen atoms in total. The van der Waals surface area contributed by atoms with Gasteiger partial charge in [0.1, 0.15) is 0 Å². The number of carbonyl (C=O) groups excluding carboxylic acids is 1. The van der Waals surface area contributed by atoms with Crippen molar-refractivity contribution in [3.63, 3.8) is 0 Å². The van der Waals surface area contributed by atoms with Crippen LogP contribution < -0.4 is 10.5 Å². The molecule has 0 aliphatic carbocycles. The number of sulfonamides is 1. The van der Waals surface area contributed by atoms with E-state index < -0.39 is 10.0 Å². The van der Waals surface area contributed by atoms with E-state index in [0.717, 1.165) is 31.9 Å². The Kier molecular flexibility index (Phi) is 7.57. The van der Waals surface area contributed by atoms with Gasteiger partial charge in [0.2, 0.25) is 15.9 Å². The zero-order valence-corrected chi connectivity index (χ0v) is 16.3. The summed E-state index contributed by atoms with van der Waals surface area (Å²) in [6.07, 6.45) is 0.920. The van der Waals surface area contributed by atoms with Crippen LogP contribution in [-0.2, 0) is 26.0 Å². The molecule has 1 amide bonds. The molecule has 3 N–H and O–H groups in total. The minimum atomic E-state index is -3.68. The van der Waals surface area contributed by atoms with Gasteiger partial charge in [-0.25, -0.2) is 13.6 Å². The van der Waals surface area contributed by atoms with Gasteiger partial charge in [-0.1, -0.05) is 26.0 Å². The van der Waals surface area contributed by atoms with Crippen molar-refractivity contribution in [3.05, 3.63) is 29.8 Å². The number of rotatable bonds is 8. The summed E-state index contributed by atoms with van der Waals surface area (Å²) >= 11 is 0. The van der Waals surface area contributed by atoms with E-state index in [0.29, 0.717) is 31.3 Å². The zero-order chi connectivity index (χ0) is 19.2. The van der Waals surface area contributed by atoms with Crippen LogP contribution in [0.3, 0.4) is 0 Å². The predicted octanol–water partition coefficient (Wildman–Crippen LogP) is 0.740. The van der Waals surface area contributed by atoms with E-state index in [1.165, 1.54) is 12.1 Å². The molecule has 1 aliphatic rings. The highest BCUT2D eigenvalue weighted by Crippen LogP contribution is 2.13. The van der Waals surface area contributed by atoms with Crippen molar-refractivity contribution >= 4 is 15.9 Å². The molecule has 1 fully saturated rings. The van der Waals surface area contributed by atoms with Crippen molar-refractivity contribution in [1.29, 1.82) is 0 Å². The Bertz CT molecular complexity index is 683. The summed E-state index contributed by atoms with van der Waals surface area (Å²) < 4.78 is 27.9. The van der Waals surface area contributed by atoms with Crippen LogP contribution in [0.4, 0.5) is 0 Å². The molecule has 0 radical (unpaired) electrons. The number of benzene rings is 1. The third kappa shape index (κ3) is 6.35. The van der Waals surface area contributed by atoms with E-state index in [-0.39, 0.29) is 10.8 Å². The highest BCUT2D eigenvalue weighted by Gasteiger charge is 2.24. The number of nitrogens with one attached hydrogen (secondary N) is 1. The SMILES string of the molecule is CC(C)[C@H](CNC(=O)CCc1ccc(S(N)(=O)=O)cc1)N1CCOCC1. The highest BCUT2D eigenvalue weighted by atomic mass is 32.2. The van der Waals surface area contributed by atoms with Crippen molar-refractivity contribution < 1.29 is 17.9 Å². The number of amides is 1. The lowest BCUT2D eigenvalue weighted by Crippen LogP contribution is -2.51. The van der Waals surface area contributed by atoms with Gasteiger partial charge in [-0.3, -0.25) is 9.69 Å².